The molecular formula is C22H25ClN6. The molecule has 2 heterocycles. The summed E-state index contributed by atoms with van der Waals surface area (Å²) >= 11 is 6.19. The van der Waals surface area contributed by atoms with Crippen molar-refractivity contribution < 1.29 is 0 Å². The summed E-state index contributed by atoms with van der Waals surface area (Å²) in [6, 6.07) is 12.2. The third kappa shape index (κ3) is 4.77. The molecule has 0 unspecified atom stereocenters. The van der Waals surface area contributed by atoms with Crippen molar-refractivity contribution in [3.8, 4) is 5.82 Å². The van der Waals surface area contributed by atoms with Gasteiger partial charge in [0.25, 0.3) is 0 Å². The van der Waals surface area contributed by atoms with Crippen molar-refractivity contribution >= 4 is 17.6 Å². The third-order valence-corrected chi connectivity index (χ3v) is 5.46. The van der Waals surface area contributed by atoms with Crippen molar-refractivity contribution in [2.75, 3.05) is 13.1 Å². The minimum absolute atomic E-state index is 0.159. The molecule has 1 fully saturated rings. The molecule has 2 N–H and O–H groups in total. The summed E-state index contributed by atoms with van der Waals surface area (Å²) in [5.41, 5.74) is 2.55. The van der Waals surface area contributed by atoms with E-state index in [2.05, 4.69) is 39.7 Å². The lowest BCUT2D eigenvalue weighted by atomic mass is 9.96. The molecule has 0 aliphatic heterocycles. The minimum Gasteiger partial charge on any atom is -0.357 e. The molecule has 4 rings (SSSR count). The van der Waals surface area contributed by atoms with E-state index in [0.29, 0.717) is 6.54 Å². The Morgan fingerprint density at radius 2 is 2.10 bits per heavy atom. The molecular weight excluding hydrogens is 384 g/mol. The van der Waals surface area contributed by atoms with E-state index in [-0.39, 0.29) is 5.41 Å². The number of imidazole rings is 1. The van der Waals surface area contributed by atoms with Crippen molar-refractivity contribution in [2.24, 2.45) is 4.99 Å². The molecule has 1 saturated carbocycles. The molecule has 0 atom stereocenters. The second kappa shape index (κ2) is 8.66. The molecule has 29 heavy (non-hydrogen) atoms. The molecule has 3 aromatic rings. The summed E-state index contributed by atoms with van der Waals surface area (Å²) in [5.74, 6) is 1.66. The van der Waals surface area contributed by atoms with E-state index in [1.807, 2.05) is 35.0 Å². The Bertz CT molecular complexity index is 978. The maximum Gasteiger partial charge on any atom is 0.191 e. The van der Waals surface area contributed by atoms with Gasteiger partial charge in [0.15, 0.2) is 5.96 Å². The Morgan fingerprint density at radius 1 is 1.21 bits per heavy atom. The highest BCUT2D eigenvalue weighted by Gasteiger charge is 2.44. The summed E-state index contributed by atoms with van der Waals surface area (Å²) in [5, 5.41) is 7.65. The number of guanidine groups is 1. The molecule has 0 saturated heterocycles. The first-order valence-corrected chi connectivity index (χ1v) is 10.3. The second-order valence-corrected chi connectivity index (χ2v) is 7.77. The van der Waals surface area contributed by atoms with Crippen LogP contribution in [0, 0.1) is 0 Å². The summed E-state index contributed by atoms with van der Waals surface area (Å²) in [6.07, 6.45) is 9.50. The largest absolute Gasteiger partial charge is 0.357 e. The van der Waals surface area contributed by atoms with E-state index in [9.17, 15) is 0 Å². The molecule has 1 aliphatic carbocycles. The molecule has 0 spiro atoms. The van der Waals surface area contributed by atoms with Gasteiger partial charge in [-0.1, -0.05) is 23.7 Å². The lowest BCUT2D eigenvalue weighted by molar-refractivity contribution is 0.646. The van der Waals surface area contributed by atoms with Crippen LogP contribution in [-0.2, 0) is 12.0 Å². The van der Waals surface area contributed by atoms with Gasteiger partial charge in [-0.3, -0.25) is 4.57 Å². The van der Waals surface area contributed by atoms with Crippen LogP contribution in [0.2, 0.25) is 5.02 Å². The molecule has 2 aromatic heterocycles. The van der Waals surface area contributed by atoms with Crippen molar-refractivity contribution in [3.05, 3.63) is 77.5 Å². The summed E-state index contributed by atoms with van der Waals surface area (Å²) in [7, 11) is 0. The summed E-state index contributed by atoms with van der Waals surface area (Å²) in [4.78, 5) is 13.2. The van der Waals surface area contributed by atoms with Crippen LogP contribution in [0.4, 0.5) is 0 Å². The van der Waals surface area contributed by atoms with Crippen molar-refractivity contribution in [2.45, 2.75) is 31.7 Å². The zero-order valence-corrected chi connectivity index (χ0v) is 17.2. The van der Waals surface area contributed by atoms with Gasteiger partial charge < -0.3 is 10.6 Å². The number of halogens is 1. The lowest BCUT2D eigenvalue weighted by Gasteiger charge is -2.19. The van der Waals surface area contributed by atoms with Gasteiger partial charge in [0.2, 0.25) is 0 Å². The Balaban J connectivity index is 1.43. The first-order valence-electron chi connectivity index (χ1n) is 9.90. The zero-order valence-electron chi connectivity index (χ0n) is 16.5. The number of hydrogen-bond donors (Lipinski definition) is 2. The molecule has 0 radical (unpaired) electrons. The Morgan fingerprint density at radius 3 is 2.83 bits per heavy atom. The van der Waals surface area contributed by atoms with Gasteiger partial charge in [0.05, 0.1) is 6.54 Å². The number of rotatable bonds is 7. The standard InChI is InChI=1S/C22H25ClN6/c1-2-25-21(28-15-22(7-8-22)18-4-3-5-19(23)13-18)27-14-17-6-9-26-20(12-17)29-11-10-24-16-29/h3-6,9-13,16H,2,7-8,14-15H2,1H3,(H2,25,27,28). The molecule has 0 bridgehead atoms. The molecule has 1 aromatic carbocycles. The number of benzene rings is 1. The van der Waals surface area contributed by atoms with Crippen molar-refractivity contribution in [1.82, 2.24) is 25.2 Å². The minimum atomic E-state index is 0.159. The number of nitrogens with one attached hydrogen (secondary N) is 2. The molecule has 6 nitrogen and oxygen atoms in total. The predicted molar refractivity (Wildman–Crippen MR) is 117 cm³/mol. The monoisotopic (exact) mass is 408 g/mol. The van der Waals surface area contributed by atoms with Crippen molar-refractivity contribution in [1.29, 1.82) is 0 Å². The fraction of sp³-hybridized carbons (Fsp3) is 0.318. The zero-order chi connectivity index (χ0) is 20.1. The lowest BCUT2D eigenvalue weighted by Crippen LogP contribution is -2.41. The number of pyridine rings is 1. The van der Waals surface area contributed by atoms with Crippen LogP contribution < -0.4 is 10.6 Å². The third-order valence-electron chi connectivity index (χ3n) is 5.23. The normalized spacial score (nSPS) is 15.2. The van der Waals surface area contributed by atoms with Crippen LogP contribution in [0.1, 0.15) is 30.9 Å². The smallest absolute Gasteiger partial charge is 0.191 e. The molecule has 1 aliphatic rings. The number of hydrogen-bond acceptors (Lipinski definition) is 3. The number of aromatic nitrogens is 3. The van der Waals surface area contributed by atoms with Crippen molar-refractivity contribution in [3.63, 3.8) is 0 Å². The van der Waals surface area contributed by atoms with Gasteiger partial charge in [-0.25, -0.2) is 15.0 Å². The van der Waals surface area contributed by atoms with Crippen LogP contribution >= 0.6 is 11.6 Å². The van der Waals surface area contributed by atoms with Crippen LogP contribution in [-0.4, -0.2) is 33.6 Å². The Hall–Kier alpha value is -2.86. The second-order valence-electron chi connectivity index (χ2n) is 7.33. The van der Waals surface area contributed by atoms with E-state index in [0.717, 1.165) is 35.5 Å². The maximum absolute atomic E-state index is 6.19. The first-order chi connectivity index (χ1) is 14.2. The molecule has 150 valence electrons. The van der Waals surface area contributed by atoms with Gasteiger partial charge in [-0.2, -0.15) is 0 Å². The van der Waals surface area contributed by atoms with E-state index >= 15 is 0 Å². The number of aliphatic imine (C=N–C) groups is 1. The fourth-order valence-corrected chi connectivity index (χ4v) is 3.59. The SMILES string of the molecule is CCNC(=NCc1ccnc(-n2ccnc2)c1)NCC1(c2cccc(Cl)c2)CC1. The van der Waals surface area contributed by atoms with Gasteiger partial charge >= 0.3 is 0 Å². The average molecular weight is 409 g/mol. The highest BCUT2D eigenvalue weighted by Crippen LogP contribution is 2.48. The van der Waals surface area contributed by atoms with Crippen LogP contribution in [0.5, 0.6) is 0 Å². The Kier molecular flexibility index (Phi) is 5.81. The van der Waals surface area contributed by atoms with E-state index in [4.69, 9.17) is 16.6 Å². The van der Waals surface area contributed by atoms with Gasteiger partial charge in [-0.05, 0) is 55.2 Å². The quantitative estimate of drug-likeness (QED) is 0.462. The maximum atomic E-state index is 6.19. The van der Waals surface area contributed by atoms with Gasteiger partial charge in [-0.15, -0.1) is 0 Å². The molecule has 7 heteroatoms. The van der Waals surface area contributed by atoms with Gasteiger partial charge in [0, 0.05) is 42.1 Å². The first kappa shape index (κ1) is 19.5. The van der Waals surface area contributed by atoms with Gasteiger partial charge in [0.1, 0.15) is 12.1 Å². The molecule has 0 amide bonds. The highest BCUT2D eigenvalue weighted by atomic mass is 35.5. The van der Waals surface area contributed by atoms with E-state index < -0.39 is 0 Å². The fourth-order valence-electron chi connectivity index (χ4n) is 3.40. The Labute approximate surface area is 176 Å². The van der Waals surface area contributed by atoms with E-state index in [1.165, 1.54) is 18.4 Å². The highest BCUT2D eigenvalue weighted by molar-refractivity contribution is 6.30. The average Bonchev–Trinajstić information content (AvgIpc) is 3.33. The van der Waals surface area contributed by atoms with Crippen LogP contribution in [0.15, 0.2) is 66.3 Å². The summed E-state index contributed by atoms with van der Waals surface area (Å²) < 4.78 is 1.89. The topological polar surface area (TPSA) is 67.1 Å². The summed E-state index contributed by atoms with van der Waals surface area (Å²) in [6.45, 7) is 4.30. The predicted octanol–water partition coefficient (Wildman–Crippen LogP) is 3.71. The van der Waals surface area contributed by atoms with E-state index in [1.54, 1.807) is 18.7 Å². The number of nitrogens with zero attached hydrogens (tertiary/aromatic N) is 4. The van der Waals surface area contributed by atoms with Crippen LogP contribution in [0.3, 0.4) is 0 Å². The van der Waals surface area contributed by atoms with Crippen LogP contribution in [0.25, 0.3) is 5.82 Å².